The first kappa shape index (κ1) is 18.6. The van der Waals surface area contributed by atoms with E-state index in [4.69, 9.17) is 17.0 Å². The van der Waals surface area contributed by atoms with E-state index >= 15 is 0 Å². The molecule has 25 heavy (non-hydrogen) atoms. The minimum atomic E-state index is -0.134. The van der Waals surface area contributed by atoms with Crippen LogP contribution in [0.5, 0.6) is 0 Å². The quantitative estimate of drug-likeness (QED) is 0.532. The van der Waals surface area contributed by atoms with Gasteiger partial charge in [0.05, 0.1) is 18.1 Å². The monoisotopic (exact) mass is 440 g/mol. The zero-order valence-electron chi connectivity index (χ0n) is 13.4. The van der Waals surface area contributed by atoms with Gasteiger partial charge in [-0.3, -0.25) is 14.5 Å². The van der Waals surface area contributed by atoms with E-state index in [1.807, 2.05) is 30.3 Å². The van der Waals surface area contributed by atoms with Crippen LogP contribution in [0.25, 0.3) is 6.08 Å². The zero-order chi connectivity index (χ0) is 17.8. The van der Waals surface area contributed by atoms with Crippen molar-refractivity contribution in [2.24, 2.45) is 0 Å². The summed E-state index contributed by atoms with van der Waals surface area (Å²) < 4.78 is 6.70. The second kappa shape index (κ2) is 8.44. The summed E-state index contributed by atoms with van der Waals surface area (Å²) in [5.41, 5.74) is 0.930. The first-order chi connectivity index (χ1) is 12.0. The van der Waals surface area contributed by atoms with Crippen LogP contribution in [0.15, 0.2) is 33.6 Å². The Labute approximate surface area is 164 Å². The van der Waals surface area contributed by atoms with Gasteiger partial charge in [0.1, 0.15) is 4.32 Å². The van der Waals surface area contributed by atoms with Crippen LogP contribution >= 0.6 is 39.9 Å². The number of ether oxygens (including phenoxy) is 1. The van der Waals surface area contributed by atoms with E-state index in [-0.39, 0.29) is 18.2 Å². The van der Waals surface area contributed by atoms with Crippen molar-refractivity contribution >= 4 is 62.1 Å². The molecule has 0 aromatic heterocycles. The summed E-state index contributed by atoms with van der Waals surface area (Å²) in [6.45, 7) is 2.68. The second-order valence-electron chi connectivity index (χ2n) is 5.63. The molecule has 0 aliphatic carbocycles. The van der Waals surface area contributed by atoms with Crippen molar-refractivity contribution < 1.29 is 14.3 Å². The van der Waals surface area contributed by atoms with Crippen molar-refractivity contribution in [1.82, 2.24) is 9.80 Å². The molecular weight excluding hydrogens is 424 g/mol. The standard InChI is InChI=1S/C17H17BrN2O3S2/c18-13-3-1-2-12(10-13)11-14-16(22)20(17(24)25-14)5-4-15(21)19-6-8-23-9-7-19/h1-3,10-11H,4-9H2/b14-11+. The molecule has 3 rings (SSSR count). The third kappa shape index (κ3) is 4.69. The molecule has 2 aliphatic rings. The Morgan fingerprint density at radius 1 is 1.36 bits per heavy atom. The maximum atomic E-state index is 12.6. The molecule has 1 aromatic carbocycles. The van der Waals surface area contributed by atoms with E-state index in [0.29, 0.717) is 42.1 Å². The maximum absolute atomic E-state index is 12.6. The van der Waals surface area contributed by atoms with E-state index in [9.17, 15) is 9.59 Å². The zero-order valence-corrected chi connectivity index (χ0v) is 16.7. The Balaban J connectivity index is 1.62. The predicted octanol–water partition coefficient (Wildman–Crippen LogP) is 2.90. The molecule has 0 radical (unpaired) electrons. The molecular formula is C17H17BrN2O3S2. The highest BCUT2D eigenvalue weighted by atomic mass is 79.9. The highest BCUT2D eigenvalue weighted by molar-refractivity contribution is 9.10. The van der Waals surface area contributed by atoms with E-state index < -0.39 is 0 Å². The average Bonchev–Trinajstić information content (AvgIpc) is 2.87. The summed E-state index contributed by atoms with van der Waals surface area (Å²) in [6, 6.07) is 7.71. The lowest BCUT2D eigenvalue weighted by molar-refractivity contribution is -0.135. The van der Waals surface area contributed by atoms with Gasteiger partial charge in [0.2, 0.25) is 5.91 Å². The Hall–Kier alpha value is -1.22. The summed E-state index contributed by atoms with van der Waals surface area (Å²) in [7, 11) is 0. The van der Waals surface area contributed by atoms with Crippen molar-refractivity contribution in [2.45, 2.75) is 6.42 Å². The van der Waals surface area contributed by atoms with Gasteiger partial charge in [-0.05, 0) is 23.8 Å². The number of carbonyl (C=O) groups excluding carboxylic acids is 2. The molecule has 8 heteroatoms. The summed E-state index contributed by atoms with van der Waals surface area (Å²) in [5, 5.41) is 0. The lowest BCUT2D eigenvalue weighted by Crippen LogP contribution is -2.42. The predicted molar refractivity (Wildman–Crippen MR) is 106 cm³/mol. The van der Waals surface area contributed by atoms with Crippen LogP contribution in [0, 0.1) is 0 Å². The summed E-state index contributed by atoms with van der Waals surface area (Å²) in [4.78, 5) is 28.7. The molecule has 2 heterocycles. The largest absolute Gasteiger partial charge is 0.378 e. The fourth-order valence-corrected chi connectivity index (χ4v) is 4.34. The van der Waals surface area contributed by atoms with Gasteiger partial charge >= 0.3 is 0 Å². The van der Waals surface area contributed by atoms with Gasteiger partial charge in [0, 0.05) is 30.5 Å². The lowest BCUT2D eigenvalue weighted by Gasteiger charge is -2.27. The number of halogens is 1. The first-order valence-electron chi connectivity index (χ1n) is 7.91. The van der Waals surface area contributed by atoms with Crippen molar-refractivity contribution in [3.8, 4) is 0 Å². The lowest BCUT2D eigenvalue weighted by atomic mass is 10.2. The third-order valence-electron chi connectivity index (χ3n) is 3.93. The number of nitrogens with zero attached hydrogens (tertiary/aromatic N) is 2. The third-order valence-corrected chi connectivity index (χ3v) is 5.80. The van der Waals surface area contributed by atoms with Gasteiger partial charge in [-0.25, -0.2) is 0 Å². The van der Waals surface area contributed by atoms with Crippen molar-refractivity contribution in [2.75, 3.05) is 32.8 Å². The molecule has 0 N–H and O–H groups in total. The fraction of sp³-hybridized carbons (Fsp3) is 0.353. The number of carbonyl (C=O) groups is 2. The SMILES string of the molecule is O=C(CCN1C(=O)/C(=C\c2cccc(Br)c2)SC1=S)N1CCOCC1. The highest BCUT2D eigenvalue weighted by Crippen LogP contribution is 2.33. The van der Waals surface area contributed by atoms with Gasteiger partial charge in [-0.1, -0.05) is 52.0 Å². The molecule has 2 aliphatic heterocycles. The first-order valence-corrected chi connectivity index (χ1v) is 9.93. The van der Waals surface area contributed by atoms with Crippen LogP contribution in [0.1, 0.15) is 12.0 Å². The Morgan fingerprint density at radius 2 is 2.12 bits per heavy atom. The number of benzene rings is 1. The van der Waals surface area contributed by atoms with Crippen LogP contribution in [0.3, 0.4) is 0 Å². The Morgan fingerprint density at radius 3 is 2.84 bits per heavy atom. The number of rotatable bonds is 4. The van der Waals surface area contributed by atoms with E-state index in [2.05, 4.69) is 15.9 Å². The van der Waals surface area contributed by atoms with Gasteiger partial charge in [-0.2, -0.15) is 0 Å². The van der Waals surface area contributed by atoms with Crippen molar-refractivity contribution in [3.05, 3.63) is 39.2 Å². The number of thioether (sulfide) groups is 1. The van der Waals surface area contributed by atoms with Crippen LogP contribution in [-0.2, 0) is 14.3 Å². The summed E-state index contributed by atoms with van der Waals surface area (Å²) in [5.74, 6) is -0.0990. The summed E-state index contributed by atoms with van der Waals surface area (Å²) >= 11 is 10.0. The Bertz CT molecular complexity index is 732. The molecule has 2 fully saturated rings. The molecule has 1 aromatic rings. The molecule has 0 bridgehead atoms. The number of thiocarbonyl (C=S) groups is 1. The molecule has 2 saturated heterocycles. The van der Waals surface area contributed by atoms with E-state index in [0.717, 1.165) is 10.0 Å². The highest BCUT2D eigenvalue weighted by Gasteiger charge is 2.32. The van der Waals surface area contributed by atoms with Gasteiger partial charge < -0.3 is 9.64 Å². The van der Waals surface area contributed by atoms with Crippen LogP contribution in [0.4, 0.5) is 0 Å². The molecule has 2 amide bonds. The number of morpholine rings is 1. The minimum Gasteiger partial charge on any atom is -0.378 e. The van der Waals surface area contributed by atoms with E-state index in [1.54, 1.807) is 4.90 Å². The van der Waals surface area contributed by atoms with Crippen molar-refractivity contribution in [3.63, 3.8) is 0 Å². The number of hydrogen-bond acceptors (Lipinski definition) is 5. The number of hydrogen-bond donors (Lipinski definition) is 0. The van der Waals surface area contributed by atoms with Crippen LogP contribution in [0.2, 0.25) is 0 Å². The fourth-order valence-electron chi connectivity index (χ4n) is 2.62. The molecule has 0 saturated carbocycles. The molecule has 132 valence electrons. The normalized spacial score (nSPS) is 19.8. The Kier molecular flexibility index (Phi) is 6.27. The molecule has 0 atom stereocenters. The van der Waals surface area contributed by atoms with Crippen LogP contribution in [-0.4, -0.2) is 58.8 Å². The van der Waals surface area contributed by atoms with Gasteiger partial charge in [0.25, 0.3) is 5.91 Å². The smallest absolute Gasteiger partial charge is 0.266 e. The topological polar surface area (TPSA) is 49.9 Å². The molecule has 5 nitrogen and oxygen atoms in total. The number of amides is 2. The van der Waals surface area contributed by atoms with Gasteiger partial charge in [0.15, 0.2) is 0 Å². The minimum absolute atomic E-state index is 0.0355. The summed E-state index contributed by atoms with van der Waals surface area (Å²) in [6.07, 6.45) is 2.10. The molecule has 0 spiro atoms. The second-order valence-corrected chi connectivity index (χ2v) is 8.22. The maximum Gasteiger partial charge on any atom is 0.266 e. The molecule has 0 unspecified atom stereocenters. The van der Waals surface area contributed by atoms with Crippen LogP contribution < -0.4 is 0 Å². The van der Waals surface area contributed by atoms with E-state index in [1.165, 1.54) is 16.7 Å². The average molecular weight is 441 g/mol. The van der Waals surface area contributed by atoms with Crippen molar-refractivity contribution in [1.29, 1.82) is 0 Å². The van der Waals surface area contributed by atoms with Gasteiger partial charge in [-0.15, -0.1) is 0 Å².